The molecule has 28 heavy (non-hydrogen) atoms. The van der Waals surface area contributed by atoms with Crippen LogP contribution in [0.4, 0.5) is 5.69 Å². The maximum absolute atomic E-state index is 12.9. The zero-order valence-electron chi connectivity index (χ0n) is 15.8. The predicted octanol–water partition coefficient (Wildman–Crippen LogP) is 2.73. The smallest absolute Gasteiger partial charge is 0.272 e. The number of aryl methyl sites for hydroxylation is 3. The van der Waals surface area contributed by atoms with Gasteiger partial charge in [-0.15, -0.1) is 11.3 Å². The van der Waals surface area contributed by atoms with E-state index in [1.165, 1.54) is 33.8 Å². The van der Waals surface area contributed by atoms with Crippen molar-refractivity contribution in [2.24, 2.45) is 0 Å². The van der Waals surface area contributed by atoms with Crippen LogP contribution in [0.25, 0.3) is 0 Å². The normalized spacial score (nSPS) is 15.6. The average Bonchev–Trinajstić information content (AvgIpc) is 2.99. The van der Waals surface area contributed by atoms with E-state index >= 15 is 0 Å². The second kappa shape index (κ2) is 7.61. The summed E-state index contributed by atoms with van der Waals surface area (Å²) < 4.78 is 27.2. The molecule has 1 amide bonds. The number of nitro benzene ring substituents is 1. The van der Waals surface area contributed by atoms with Gasteiger partial charge in [-0.05, 0) is 39.0 Å². The molecule has 0 saturated carbocycles. The molecule has 1 fully saturated rings. The lowest BCUT2D eigenvalue weighted by Gasteiger charge is -2.34. The van der Waals surface area contributed by atoms with Crippen molar-refractivity contribution >= 4 is 33.0 Å². The van der Waals surface area contributed by atoms with Crippen molar-refractivity contribution in [3.8, 4) is 0 Å². The van der Waals surface area contributed by atoms with Crippen molar-refractivity contribution < 1.29 is 18.1 Å². The van der Waals surface area contributed by atoms with Gasteiger partial charge in [0.15, 0.2) is 0 Å². The molecule has 2 aromatic rings. The van der Waals surface area contributed by atoms with E-state index in [1.807, 2.05) is 6.92 Å². The molecule has 0 atom stereocenters. The Morgan fingerprint density at radius 3 is 2.25 bits per heavy atom. The largest absolute Gasteiger partial charge is 0.336 e. The molecule has 150 valence electrons. The molecule has 10 heteroatoms. The fourth-order valence-electron chi connectivity index (χ4n) is 3.31. The fourth-order valence-corrected chi connectivity index (χ4v) is 6.26. The van der Waals surface area contributed by atoms with Gasteiger partial charge in [-0.25, -0.2) is 8.42 Å². The number of carbonyl (C=O) groups is 1. The highest BCUT2D eigenvalue weighted by Gasteiger charge is 2.32. The third-order valence-corrected chi connectivity index (χ3v) is 7.90. The van der Waals surface area contributed by atoms with Gasteiger partial charge in [0.1, 0.15) is 0 Å². The molecule has 1 aromatic carbocycles. The number of nitro groups is 1. The van der Waals surface area contributed by atoms with Crippen LogP contribution in [-0.4, -0.2) is 54.6 Å². The van der Waals surface area contributed by atoms with Crippen molar-refractivity contribution in [1.29, 1.82) is 0 Å². The van der Waals surface area contributed by atoms with Crippen LogP contribution >= 0.6 is 11.3 Å². The highest BCUT2D eigenvalue weighted by Crippen LogP contribution is 2.28. The minimum absolute atomic E-state index is 0.0334. The Morgan fingerprint density at radius 2 is 1.75 bits per heavy atom. The molecule has 1 aliphatic heterocycles. The summed E-state index contributed by atoms with van der Waals surface area (Å²) in [6, 6.07) is 5.95. The Hall–Kier alpha value is -2.30. The summed E-state index contributed by atoms with van der Waals surface area (Å²) in [5.74, 6) is -0.252. The molecule has 0 unspecified atom stereocenters. The Balaban J connectivity index is 1.71. The second-order valence-corrected chi connectivity index (χ2v) is 10.1. The molecule has 0 bridgehead atoms. The van der Waals surface area contributed by atoms with E-state index in [0.29, 0.717) is 16.0 Å². The number of amides is 1. The standard InChI is InChI=1S/C18H21N3O5S2/c1-12-10-15(4-5-16(12)21(23)24)18(22)19-6-8-20(9-7-19)28(25,26)17-11-13(2)27-14(17)3/h4-5,10-11H,6-9H2,1-3H3. The average molecular weight is 424 g/mol. The number of benzene rings is 1. The zero-order valence-corrected chi connectivity index (χ0v) is 17.5. The first-order valence-electron chi connectivity index (χ1n) is 8.73. The first-order chi connectivity index (χ1) is 13.1. The maximum atomic E-state index is 12.9. The van der Waals surface area contributed by atoms with Gasteiger partial charge in [-0.3, -0.25) is 14.9 Å². The first-order valence-corrected chi connectivity index (χ1v) is 11.0. The summed E-state index contributed by atoms with van der Waals surface area (Å²) in [6.07, 6.45) is 0. The minimum Gasteiger partial charge on any atom is -0.336 e. The topological polar surface area (TPSA) is 101 Å². The van der Waals surface area contributed by atoms with Gasteiger partial charge < -0.3 is 4.90 Å². The maximum Gasteiger partial charge on any atom is 0.272 e. The summed E-state index contributed by atoms with van der Waals surface area (Å²) in [5, 5.41) is 10.9. The van der Waals surface area contributed by atoms with Crippen molar-refractivity contribution in [1.82, 2.24) is 9.21 Å². The van der Waals surface area contributed by atoms with Crippen molar-refractivity contribution in [3.05, 3.63) is 55.3 Å². The number of rotatable bonds is 4. The highest BCUT2D eigenvalue weighted by atomic mass is 32.2. The Kier molecular flexibility index (Phi) is 5.55. The number of piperazine rings is 1. The van der Waals surface area contributed by atoms with Gasteiger partial charge in [-0.1, -0.05) is 0 Å². The van der Waals surface area contributed by atoms with Crippen molar-refractivity contribution in [2.75, 3.05) is 26.2 Å². The molecule has 0 radical (unpaired) electrons. The summed E-state index contributed by atoms with van der Waals surface area (Å²) >= 11 is 1.45. The molecule has 0 N–H and O–H groups in total. The molecule has 1 aromatic heterocycles. The van der Waals surface area contributed by atoms with Crippen LogP contribution in [0, 0.1) is 30.9 Å². The van der Waals surface area contributed by atoms with E-state index in [2.05, 4.69) is 0 Å². The summed E-state index contributed by atoms with van der Waals surface area (Å²) in [6.45, 7) is 6.24. The molecule has 0 spiro atoms. The van der Waals surface area contributed by atoms with Crippen molar-refractivity contribution in [2.45, 2.75) is 25.7 Å². The van der Waals surface area contributed by atoms with Crippen LogP contribution < -0.4 is 0 Å². The van der Waals surface area contributed by atoms with Gasteiger partial charge >= 0.3 is 0 Å². The van der Waals surface area contributed by atoms with Crippen LogP contribution in [-0.2, 0) is 10.0 Å². The molecule has 8 nitrogen and oxygen atoms in total. The van der Waals surface area contributed by atoms with E-state index < -0.39 is 14.9 Å². The molecule has 1 saturated heterocycles. The monoisotopic (exact) mass is 423 g/mol. The third-order valence-electron chi connectivity index (χ3n) is 4.78. The number of nitrogens with zero attached hydrogens (tertiary/aromatic N) is 3. The van der Waals surface area contributed by atoms with Crippen LogP contribution in [0.1, 0.15) is 25.7 Å². The summed E-state index contributed by atoms with van der Waals surface area (Å²) in [5.41, 5.74) is 0.748. The third kappa shape index (κ3) is 3.80. The molecule has 1 aliphatic rings. The van der Waals surface area contributed by atoms with E-state index in [-0.39, 0.29) is 37.8 Å². The predicted molar refractivity (Wildman–Crippen MR) is 106 cm³/mol. The van der Waals surface area contributed by atoms with E-state index in [4.69, 9.17) is 0 Å². The lowest BCUT2D eigenvalue weighted by Crippen LogP contribution is -2.50. The minimum atomic E-state index is -3.58. The number of sulfonamides is 1. The molecule has 3 rings (SSSR count). The number of hydrogen-bond donors (Lipinski definition) is 0. The quantitative estimate of drug-likeness (QED) is 0.556. The molecular formula is C18H21N3O5S2. The molecular weight excluding hydrogens is 402 g/mol. The van der Waals surface area contributed by atoms with Crippen LogP contribution in [0.3, 0.4) is 0 Å². The van der Waals surface area contributed by atoms with E-state index in [9.17, 15) is 23.3 Å². The second-order valence-electron chi connectivity index (χ2n) is 6.73. The number of thiophene rings is 1. The zero-order chi connectivity index (χ0) is 20.6. The lowest BCUT2D eigenvalue weighted by molar-refractivity contribution is -0.385. The van der Waals surface area contributed by atoms with E-state index in [0.717, 1.165) is 9.75 Å². The highest BCUT2D eigenvalue weighted by molar-refractivity contribution is 7.89. The summed E-state index contributed by atoms with van der Waals surface area (Å²) in [7, 11) is -3.58. The summed E-state index contributed by atoms with van der Waals surface area (Å²) in [4.78, 5) is 26.8. The van der Waals surface area contributed by atoms with Gasteiger partial charge in [0.25, 0.3) is 11.6 Å². The lowest BCUT2D eigenvalue weighted by atomic mass is 10.1. The van der Waals surface area contributed by atoms with Gasteiger partial charge in [0, 0.05) is 53.1 Å². The van der Waals surface area contributed by atoms with Crippen molar-refractivity contribution in [3.63, 3.8) is 0 Å². The number of carbonyl (C=O) groups excluding carboxylic acids is 1. The molecule has 2 heterocycles. The fraction of sp³-hybridized carbons (Fsp3) is 0.389. The molecule has 0 aliphatic carbocycles. The van der Waals surface area contributed by atoms with Gasteiger partial charge in [0.05, 0.1) is 9.82 Å². The van der Waals surface area contributed by atoms with Gasteiger partial charge in [0.2, 0.25) is 10.0 Å². The first kappa shape index (κ1) is 20.4. The Labute approximate surface area is 167 Å². The van der Waals surface area contributed by atoms with E-state index in [1.54, 1.807) is 24.8 Å². The number of hydrogen-bond acceptors (Lipinski definition) is 6. The SMILES string of the molecule is Cc1cc(S(=O)(=O)N2CCN(C(=O)c3ccc([N+](=O)[O-])c(C)c3)CC2)c(C)s1. The van der Waals surface area contributed by atoms with Crippen LogP contribution in [0.5, 0.6) is 0 Å². The van der Waals surface area contributed by atoms with Gasteiger partial charge in [-0.2, -0.15) is 4.31 Å². The van der Waals surface area contributed by atoms with Crippen LogP contribution in [0.2, 0.25) is 0 Å². The van der Waals surface area contributed by atoms with Crippen LogP contribution in [0.15, 0.2) is 29.2 Å². The Morgan fingerprint density at radius 1 is 1.11 bits per heavy atom. The Bertz CT molecular complexity index is 1040.